The Kier molecular flexibility index (Phi) is 4.43. The number of rotatable bonds is 6. The summed E-state index contributed by atoms with van der Waals surface area (Å²) in [6.07, 6.45) is 3.39. The highest BCUT2D eigenvalue weighted by Gasteiger charge is 2.04. The van der Waals surface area contributed by atoms with E-state index in [2.05, 4.69) is 61.1 Å². The molecule has 1 aromatic heterocycles. The van der Waals surface area contributed by atoms with Gasteiger partial charge in [0.1, 0.15) is 0 Å². The lowest BCUT2D eigenvalue weighted by atomic mass is 10.1. The van der Waals surface area contributed by atoms with Crippen LogP contribution in [0.4, 0.5) is 0 Å². The van der Waals surface area contributed by atoms with E-state index in [1.54, 1.807) is 0 Å². The van der Waals surface area contributed by atoms with Gasteiger partial charge in [-0.25, -0.2) is 0 Å². The number of benzene rings is 1. The fourth-order valence-electron chi connectivity index (χ4n) is 2.30. The van der Waals surface area contributed by atoms with Gasteiger partial charge in [0.05, 0.1) is 0 Å². The third-order valence-electron chi connectivity index (χ3n) is 3.16. The van der Waals surface area contributed by atoms with Gasteiger partial charge in [-0.2, -0.15) is 0 Å². The van der Waals surface area contributed by atoms with Crippen molar-refractivity contribution >= 4 is 10.9 Å². The average molecular weight is 244 g/mol. The van der Waals surface area contributed by atoms with Gasteiger partial charge in [-0.3, -0.25) is 0 Å². The summed E-state index contributed by atoms with van der Waals surface area (Å²) in [6.45, 7) is 9.87. The first kappa shape index (κ1) is 13.2. The SMILES string of the molecule is CCCNCc1ccc2ccn(CC(C)C)c2c1. The molecule has 1 aromatic carbocycles. The first-order valence-electron chi connectivity index (χ1n) is 6.99. The summed E-state index contributed by atoms with van der Waals surface area (Å²) >= 11 is 0. The van der Waals surface area contributed by atoms with E-state index < -0.39 is 0 Å². The molecule has 0 saturated carbocycles. The van der Waals surface area contributed by atoms with Crippen LogP contribution in [-0.2, 0) is 13.1 Å². The Balaban J connectivity index is 2.19. The lowest BCUT2D eigenvalue weighted by Gasteiger charge is -2.09. The van der Waals surface area contributed by atoms with Crippen LogP contribution >= 0.6 is 0 Å². The highest BCUT2D eigenvalue weighted by molar-refractivity contribution is 5.80. The molecule has 1 heterocycles. The Labute approximate surface area is 110 Å². The summed E-state index contributed by atoms with van der Waals surface area (Å²) in [5.74, 6) is 0.683. The second-order valence-corrected chi connectivity index (χ2v) is 5.43. The van der Waals surface area contributed by atoms with Crippen molar-refractivity contribution in [2.24, 2.45) is 5.92 Å². The third kappa shape index (κ3) is 3.14. The first-order chi connectivity index (χ1) is 8.70. The minimum atomic E-state index is 0.683. The van der Waals surface area contributed by atoms with Crippen molar-refractivity contribution < 1.29 is 0 Å². The van der Waals surface area contributed by atoms with Gasteiger partial charge in [0.2, 0.25) is 0 Å². The van der Waals surface area contributed by atoms with Gasteiger partial charge < -0.3 is 9.88 Å². The van der Waals surface area contributed by atoms with E-state index in [0.717, 1.165) is 19.6 Å². The van der Waals surface area contributed by atoms with Crippen molar-refractivity contribution in [3.63, 3.8) is 0 Å². The number of nitrogens with zero attached hydrogens (tertiary/aromatic N) is 1. The summed E-state index contributed by atoms with van der Waals surface area (Å²) in [5.41, 5.74) is 2.74. The van der Waals surface area contributed by atoms with Gasteiger partial charge in [0.15, 0.2) is 0 Å². The third-order valence-corrected chi connectivity index (χ3v) is 3.16. The van der Waals surface area contributed by atoms with E-state index in [9.17, 15) is 0 Å². The van der Waals surface area contributed by atoms with Crippen LogP contribution in [0.2, 0.25) is 0 Å². The average Bonchev–Trinajstić information content (AvgIpc) is 2.72. The molecular formula is C16H24N2. The van der Waals surface area contributed by atoms with Crippen molar-refractivity contribution in [2.75, 3.05) is 6.54 Å². The van der Waals surface area contributed by atoms with Gasteiger partial charge in [-0.1, -0.05) is 32.9 Å². The smallest absolute Gasteiger partial charge is 0.0483 e. The molecule has 0 aliphatic carbocycles. The number of aromatic nitrogens is 1. The molecular weight excluding hydrogens is 220 g/mol. The van der Waals surface area contributed by atoms with Crippen LogP contribution < -0.4 is 5.32 Å². The van der Waals surface area contributed by atoms with E-state index in [-0.39, 0.29) is 0 Å². The van der Waals surface area contributed by atoms with Crippen molar-refractivity contribution in [3.05, 3.63) is 36.0 Å². The van der Waals surface area contributed by atoms with Crippen LogP contribution in [0, 0.1) is 5.92 Å². The van der Waals surface area contributed by atoms with Gasteiger partial charge in [-0.15, -0.1) is 0 Å². The predicted octanol–water partition coefficient (Wildman–Crippen LogP) is 3.80. The van der Waals surface area contributed by atoms with Crippen LogP contribution in [-0.4, -0.2) is 11.1 Å². The highest BCUT2D eigenvalue weighted by Crippen LogP contribution is 2.19. The van der Waals surface area contributed by atoms with Gasteiger partial charge >= 0.3 is 0 Å². The molecule has 0 fully saturated rings. The van der Waals surface area contributed by atoms with Crippen molar-refractivity contribution in [1.29, 1.82) is 0 Å². The zero-order valence-corrected chi connectivity index (χ0v) is 11.7. The fraction of sp³-hybridized carbons (Fsp3) is 0.500. The van der Waals surface area contributed by atoms with E-state index >= 15 is 0 Å². The molecule has 0 amide bonds. The Morgan fingerprint density at radius 3 is 2.78 bits per heavy atom. The minimum absolute atomic E-state index is 0.683. The maximum absolute atomic E-state index is 3.46. The molecule has 0 spiro atoms. The molecule has 0 saturated heterocycles. The molecule has 0 unspecified atom stereocenters. The lowest BCUT2D eigenvalue weighted by Crippen LogP contribution is -2.13. The van der Waals surface area contributed by atoms with E-state index in [0.29, 0.717) is 5.92 Å². The Hall–Kier alpha value is -1.28. The van der Waals surface area contributed by atoms with Crippen molar-refractivity contribution in [1.82, 2.24) is 9.88 Å². The van der Waals surface area contributed by atoms with Crippen LogP contribution in [0.3, 0.4) is 0 Å². The standard InChI is InChI=1S/C16H24N2/c1-4-8-17-11-14-5-6-15-7-9-18(12-13(2)3)16(15)10-14/h5-7,9-10,13,17H,4,8,11-12H2,1-3H3. The monoisotopic (exact) mass is 244 g/mol. The van der Waals surface area contributed by atoms with Gasteiger partial charge in [-0.05, 0) is 42.0 Å². The van der Waals surface area contributed by atoms with E-state index in [1.807, 2.05) is 0 Å². The molecule has 98 valence electrons. The first-order valence-corrected chi connectivity index (χ1v) is 6.99. The predicted molar refractivity (Wildman–Crippen MR) is 78.8 cm³/mol. The minimum Gasteiger partial charge on any atom is -0.347 e. The lowest BCUT2D eigenvalue weighted by molar-refractivity contribution is 0.535. The number of hydrogen-bond donors (Lipinski definition) is 1. The van der Waals surface area contributed by atoms with E-state index in [4.69, 9.17) is 0 Å². The Bertz CT molecular complexity index is 497. The molecule has 18 heavy (non-hydrogen) atoms. The second-order valence-electron chi connectivity index (χ2n) is 5.43. The normalized spacial score (nSPS) is 11.6. The molecule has 0 atom stereocenters. The van der Waals surface area contributed by atoms with Crippen LogP contribution in [0.25, 0.3) is 10.9 Å². The Morgan fingerprint density at radius 1 is 1.22 bits per heavy atom. The van der Waals surface area contributed by atoms with Gasteiger partial charge in [0.25, 0.3) is 0 Å². The zero-order chi connectivity index (χ0) is 13.0. The maximum Gasteiger partial charge on any atom is 0.0483 e. The topological polar surface area (TPSA) is 17.0 Å². The molecule has 2 nitrogen and oxygen atoms in total. The summed E-state index contributed by atoms with van der Waals surface area (Å²) in [6, 6.07) is 8.99. The maximum atomic E-state index is 3.46. The summed E-state index contributed by atoms with van der Waals surface area (Å²) < 4.78 is 2.36. The van der Waals surface area contributed by atoms with Crippen molar-refractivity contribution in [2.45, 2.75) is 40.3 Å². The molecule has 0 aliphatic rings. The molecule has 0 bridgehead atoms. The molecule has 0 aliphatic heterocycles. The molecule has 1 N–H and O–H groups in total. The fourth-order valence-corrected chi connectivity index (χ4v) is 2.30. The Morgan fingerprint density at radius 2 is 2.06 bits per heavy atom. The highest BCUT2D eigenvalue weighted by atomic mass is 15.0. The van der Waals surface area contributed by atoms with Crippen LogP contribution in [0.15, 0.2) is 30.5 Å². The van der Waals surface area contributed by atoms with Gasteiger partial charge in [0, 0.05) is 24.8 Å². The molecule has 2 heteroatoms. The summed E-state index contributed by atoms with van der Waals surface area (Å²) in [5, 5.41) is 4.80. The zero-order valence-electron chi connectivity index (χ0n) is 11.7. The van der Waals surface area contributed by atoms with E-state index in [1.165, 1.54) is 22.9 Å². The van der Waals surface area contributed by atoms with Crippen LogP contribution in [0.1, 0.15) is 32.8 Å². The number of hydrogen-bond acceptors (Lipinski definition) is 1. The summed E-state index contributed by atoms with van der Waals surface area (Å²) in [4.78, 5) is 0. The second kappa shape index (κ2) is 6.05. The number of nitrogens with one attached hydrogen (secondary N) is 1. The van der Waals surface area contributed by atoms with Crippen LogP contribution in [0.5, 0.6) is 0 Å². The number of fused-ring (bicyclic) bond motifs is 1. The largest absolute Gasteiger partial charge is 0.347 e. The molecule has 2 rings (SSSR count). The summed E-state index contributed by atoms with van der Waals surface area (Å²) in [7, 11) is 0. The quantitative estimate of drug-likeness (QED) is 0.765. The molecule has 0 radical (unpaired) electrons. The van der Waals surface area contributed by atoms with Crippen molar-refractivity contribution in [3.8, 4) is 0 Å². The molecule has 2 aromatic rings.